The van der Waals surface area contributed by atoms with E-state index in [1.807, 2.05) is 4.90 Å². The van der Waals surface area contributed by atoms with Crippen LogP contribution in [0.1, 0.15) is 20.8 Å². The summed E-state index contributed by atoms with van der Waals surface area (Å²) in [5.74, 6) is -1.37. The molecule has 0 radical (unpaired) electrons. The van der Waals surface area contributed by atoms with Crippen LogP contribution in [0.4, 0.5) is 0 Å². The van der Waals surface area contributed by atoms with Gasteiger partial charge in [0.15, 0.2) is 0 Å². The zero-order chi connectivity index (χ0) is 20.2. The zero-order valence-corrected chi connectivity index (χ0v) is 18.2. The largest absolute Gasteiger partial charge is 0.368 e. The van der Waals surface area contributed by atoms with Crippen molar-refractivity contribution in [1.82, 2.24) is 20.1 Å². The zero-order valence-electron chi connectivity index (χ0n) is 16.5. The summed E-state index contributed by atoms with van der Waals surface area (Å²) in [6.07, 6.45) is 0. The fraction of sp³-hybridized carbons (Fsp3) is 0.750. The van der Waals surface area contributed by atoms with Gasteiger partial charge in [0.25, 0.3) is 0 Å². The van der Waals surface area contributed by atoms with Crippen molar-refractivity contribution in [2.24, 2.45) is 0 Å². The summed E-state index contributed by atoms with van der Waals surface area (Å²) in [6, 6.07) is 2.10. The third-order valence-electron chi connectivity index (χ3n) is 3.60. The van der Waals surface area contributed by atoms with Crippen molar-refractivity contribution in [2.75, 3.05) is 58.9 Å². The van der Waals surface area contributed by atoms with E-state index in [4.69, 9.17) is 19.8 Å². The average Bonchev–Trinajstić information content (AvgIpc) is 2.56. The molecule has 28 heavy (non-hydrogen) atoms. The minimum atomic E-state index is -0.472. The summed E-state index contributed by atoms with van der Waals surface area (Å²) in [4.78, 5) is 51.4. The maximum atomic E-state index is 11.3. The first-order valence-corrected chi connectivity index (χ1v) is 8.70. The Hall–Kier alpha value is -1.78. The van der Waals surface area contributed by atoms with Crippen LogP contribution in [-0.4, -0.2) is 96.9 Å². The number of hydrogen-bond acceptors (Lipinski definition) is 11. The van der Waals surface area contributed by atoms with Gasteiger partial charge in [-0.05, 0) is 0 Å². The van der Waals surface area contributed by atoms with E-state index >= 15 is 0 Å². The third-order valence-corrected chi connectivity index (χ3v) is 3.60. The highest BCUT2D eigenvalue weighted by Crippen LogP contribution is 2.03. The molecule has 1 aliphatic rings. The summed E-state index contributed by atoms with van der Waals surface area (Å²) in [5, 5.41) is 13.4. The molecule has 1 aliphatic heterocycles. The summed E-state index contributed by atoms with van der Waals surface area (Å²) in [7, 11) is 0. The molecule has 1 saturated heterocycles. The standard InChI is InChI=1S/C16H27N5O6.BrH/c1-14(22)25-19-8-6-18(5-4-17)7-9-20(26-15(2)23)11-13-21(12-10-19)27-16(3)24;/h5-13H2,1-3H3;1H. The molecule has 1 heterocycles. The van der Waals surface area contributed by atoms with Crippen molar-refractivity contribution in [2.45, 2.75) is 20.8 Å². The Labute approximate surface area is 175 Å². The molecule has 0 spiro atoms. The number of nitriles is 1. The molecule has 1 fully saturated rings. The molecule has 0 bridgehead atoms. The first kappa shape index (κ1) is 26.2. The molecule has 11 nitrogen and oxygen atoms in total. The van der Waals surface area contributed by atoms with E-state index in [2.05, 4.69) is 6.07 Å². The van der Waals surface area contributed by atoms with Crippen LogP contribution in [0.3, 0.4) is 0 Å². The van der Waals surface area contributed by atoms with Gasteiger partial charge in [0.1, 0.15) is 0 Å². The number of halogens is 1. The topological polar surface area (TPSA) is 116 Å². The highest BCUT2D eigenvalue weighted by atomic mass is 79.9. The summed E-state index contributed by atoms with van der Waals surface area (Å²) >= 11 is 0. The number of rotatable bonds is 4. The van der Waals surface area contributed by atoms with Gasteiger partial charge in [-0.15, -0.1) is 32.2 Å². The van der Waals surface area contributed by atoms with E-state index in [9.17, 15) is 14.4 Å². The predicted molar refractivity (Wildman–Crippen MR) is 102 cm³/mol. The second-order valence-electron chi connectivity index (χ2n) is 5.97. The Morgan fingerprint density at radius 2 is 1.00 bits per heavy atom. The Kier molecular flexibility index (Phi) is 13.3. The predicted octanol–water partition coefficient (Wildman–Crippen LogP) is -0.256. The molecule has 0 N–H and O–H groups in total. The molecule has 0 unspecified atom stereocenters. The van der Waals surface area contributed by atoms with Crippen LogP contribution in [0, 0.1) is 11.3 Å². The van der Waals surface area contributed by atoms with Gasteiger partial charge in [-0.1, -0.05) is 0 Å². The Morgan fingerprint density at radius 1 is 0.714 bits per heavy atom. The van der Waals surface area contributed by atoms with Crippen molar-refractivity contribution in [3.63, 3.8) is 0 Å². The van der Waals surface area contributed by atoms with E-state index in [-0.39, 0.29) is 23.5 Å². The minimum Gasteiger partial charge on any atom is -0.368 e. The summed E-state index contributed by atoms with van der Waals surface area (Å²) in [6.45, 7) is 7.01. The second kappa shape index (κ2) is 14.3. The van der Waals surface area contributed by atoms with Gasteiger partial charge < -0.3 is 14.5 Å². The highest BCUT2D eigenvalue weighted by molar-refractivity contribution is 8.93. The van der Waals surface area contributed by atoms with E-state index in [1.54, 1.807) is 0 Å². The molecular formula is C16H28BrN5O6. The maximum Gasteiger partial charge on any atom is 0.322 e. The number of nitrogens with zero attached hydrogens (tertiary/aromatic N) is 5. The van der Waals surface area contributed by atoms with E-state index in [0.717, 1.165) is 0 Å². The van der Waals surface area contributed by atoms with Crippen molar-refractivity contribution in [1.29, 1.82) is 5.26 Å². The summed E-state index contributed by atoms with van der Waals surface area (Å²) in [5.41, 5.74) is 0. The van der Waals surface area contributed by atoms with Crippen LogP contribution in [0.5, 0.6) is 0 Å². The van der Waals surface area contributed by atoms with Crippen LogP contribution in [0.15, 0.2) is 0 Å². The fourth-order valence-corrected chi connectivity index (χ4v) is 2.48. The molecule has 0 saturated carbocycles. The lowest BCUT2D eigenvalue weighted by molar-refractivity contribution is -0.217. The fourth-order valence-electron chi connectivity index (χ4n) is 2.48. The highest BCUT2D eigenvalue weighted by Gasteiger charge is 2.20. The van der Waals surface area contributed by atoms with Crippen LogP contribution in [0.2, 0.25) is 0 Å². The number of carbonyl (C=O) groups excluding carboxylic acids is 3. The average molecular weight is 466 g/mol. The molecule has 0 amide bonds. The van der Waals surface area contributed by atoms with Crippen LogP contribution in [0.25, 0.3) is 0 Å². The van der Waals surface area contributed by atoms with Crippen molar-refractivity contribution < 1.29 is 28.9 Å². The lowest BCUT2D eigenvalue weighted by Gasteiger charge is -2.31. The molecule has 160 valence electrons. The van der Waals surface area contributed by atoms with Crippen molar-refractivity contribution in [3.8, 4) is 6.07 Å². The number of hydrogen-bond donors (Lipinski definition) is 0. The first-order valence-electron chi connectivity index (χ1n) is 8.70. The number of carbonyl (C=O) groups is 3. The van der Waals surface area contributed by atoms with Gasteiger partial charge >= 0.3 is 17.9 Å². The van der Waals surface area contributed by atoms with Crippen LogP contribution in [-0.2, 0) is 28.9 Å². The summed E-state index contributed by atoms with van der Waals surface area (Å²) < 4.78 is 0. The molecule has 1 rings (SSSR count). The quantitative estimate of drug-likeness (QED) is 0.511. The van der Waals surface area contributed by atoms with Crippen LogP contribution < -0.4 is 0 Å². The Balaban J connectivity index is 0.00000729. The van der Waals surface area contributed by atoms with Crippen molar-refractivity contribution >= 4 is 34.9 Å². The SMILES string of the molecule is Br.CC(=O)ON1CCN(CC#N)CCN(OC(C)=O)CCN(OC(C)=O)CC1. The molecule has 0 aromatic heterocycles. The molecular weight excluding hydrogens is 438 g/mol. The third kappa shape index (κ3) is 11.8. The van der Waals surface area contributed by atoms with Gasteiger partial charge in [-0.2, -0.15) is 5.26 Å². The van der Waals surface area contributed by atoms with Gasteiger partial charge in [0.05, 0.1) is 38.8 Å². The first-order chi connectivity index (χ1) is 12.8. The molecule has 0 aromatic rings. The monoisotopic (exact) mass is 465 g/mol. The van der Waals surface area contributed by atoms with Crippen molar-refractivity contribution in [3.05, 3.63) is 0 Å². The van der Waals surface area contributed by atoms with Gasteiger partial charge in [-0.3, -0.25) is 19.3 Å². The smallest absolute Gasteiger partial charge is 0.322 e. The maximum absolute atomic E-state index is 11.3. The lowest BCUT2D eigenvalue weighted by Crippen LogP contribution is -2.46. The van der Waals surface area contributed by atoms with E-state index < -0.39 is 17.9 Å². The molecule has 0 atom stereocenters. The van der Waals surface area contributed by atoms with E-state index in [1.165, 1.54) is 36.0 Å². The normalized spacial score (nSPS) is 18.5. The van der Waals surface area contributed by atoms with Gasteiger partial charge in [-0.25, -0.2) is 0 Å². The molecule has 0 aliphatic carbocycles. The number of hydroxylamine groups is 6. The van der Waals surface area contributed by atoms with Gasteiger partial charge in [0, 0.05) is 47.0 Å². The van der Waals surface area contributed by atoms with E-state index in [0.29, 0.717) is 52.4 Å². The Bertz CT molecular complexity index is 526. The van der Waals surface area contributed by atoms with Gasteiger partial charge in [0.2, 0.25) is 0 Å². The minimum absolute atomic E-state index is 0. The molecule has 0 aromatic carbocycles. The van der Waals surface area contributed by atoms with Crippen LogP contribution >= 0.6 is 17.0 Å². The Morgan fingerprint density at radius 3 is 1.25 bits per heavy atom. The lowest BCUT2D eigenvalue weighted by atomic mass is 10.4. The molecule has 12 heteroatoms. The second-order valence-corrected chi connectivity index (χ2v) is 5.97.